The van der Waals surface area contributed by atoms with E-state index in [9.17, 15) is 19.1 Å². The van der Waals surface area contributed by atoms with Gasteiger partial charge in [-0.2, -0.15) is 0 Å². The summed E-state index contributed by atoms with van der Waals surface area (Å²) in [6, 6.07) is 14.3. The van der Waals surface area contributed by atoms with E-state index in [1.54, 1.807) is 24.3 Å². The number of aromatic hydroxyl groups is 1. The summed E-state index contributed by atoms with van der Waals surface area (Å²) in [7, 11) is 0. The lowest BCUT2D eigenvalue weighted by Gasteiger charge is -2.09. The Labute approximate surface area is 156 Å². The SMILES string of the molecule is O=C(COC(=O)c1cc2ccccc2cc1O)Nc1ccc(Br)cc1F. The molecular formula is C19H13BrFNO4. The molecule has 3 aromatic carbocycles. The van der Waals surface area contributed by atoms with Crippen molar-refractivity contribution in [3.05, 3.63) is 70.5 Å². The molecular weight excluding hydrogens is 405 g/mol. The van der Waals surface area contributed by atoms with Crippen LogP contribution in [0.3, 0.4) is 0 Å². The summed E-state index contributed by atoms with van der Waals surface area (Å²) >= 11 is 3.12. The van der Waals surface area contributed by atoms with E-state index in [0.717, 1.165) is 10.8 Å². The number of halogens is 2. The van der Waals surface area contributed by atoms with E-state index in [1.165, 1.54) is 24.3 Å². The van der Waals surface area contributed by atoms with Crippen LogP contribution in [-0.2, 0) is 9.53 Å². The van der Waals surface area contributed by atoms with Crippen LogP contribution in [-0.4, -0.2) is 23.6 Å². The Bertz CT molecular complexity index is 1010. The summed E-state index contributed by atoms with van der Waals surface area (Å²) < 4.78 is 19.1. The second-order valence-corrected chi connectivity index (χ2v) is 6.38. The van der Waals surface area contributed by atoms with E-state index in [1.807, 2.05) is 6.07 Å². The maximum atomic E-state index is 13.7. The number of anilines is 1. The molecule has 0 unspecified atom stereocenters. The number of benzene rings is 3. The molecule has 0 heterocycles. The number of amides is 1. The minimum absolute atomic E-state index is 0.0252. The molecule has 0 aliphatic carbocycles. The number of hydrogen-bond acceptors (Lipinski definition) is 4. The third-order valence-electron chi connectivity index (χ3n) is 3.62. The standard InChI is InChI=1S/C19H13BrFNO4/c20-13-5-6-16(15(21)9-13)22-18(24)10-26-19(25)14-7-11-3-1-2-4-12(11)8-17(14)23/h1-9,23H,10H2,(H,22,24). The number of carbonyl (C=O) groups excluding carboxylic acids is 2. The fourth-order valence-electron chi connectivity index (χ4n) is 2.38. The van der Waals surface area contributed by atoms with Crippen LogP contribution in [0.5, 0.6) is 5.75 Å². The third-order valence-corrected chi connectivity index (χ3v) is 4.12. The molecule has 3 aromatic rings. The van der Waals surface area contributed by atoms with Crippen molar-refractivity contribution in [1.82, 2.24) is 0 Å². The summed E-state index contributed by atoms with van der Waals surface area (Å²) in [5.41, 5.74) is -0.0749. The Balaban J connectivity index is 1.66. The van der Waals surface area contributed by atoms with Gasteiger partial charge in [0.2, 0.25) is 0 Å². The predicted molar refractivity (Wildman–Crippen MR) is 98.6 cm³/mol. The molecule has 0 saturated heterocycles. The Hall–Kier alpha value is -2.93. The van der Waals surface area contributed by atoms with Crippen LogP contribution in [0, 0.1) is 5.82 Å². The van der Waals surface area contributed by atoms with Gasteiger partial charge in [-0.15, -0.1) is 0 Å². The number of hydrogen-bond donors (Lipinski definition) is 2. The first-order valence-electron chi connectivity index (χ1n) is 7.58. The van der Waals surface area contributed by atoms with Crippen molar-refractivity contribution in [2.45, 2.75) is 0 Å². The normalized spacial score (nSPS) is 10.5. The first kappa shape index (κ1) is 17.9. The number of fused-ring (bicyclic) bond motifs is 1. The monoisotopic (exact) mass is 417 g/mol. The zero-order valence-electron chi connectivity index (χ0n) is 13.3. The fourth-order valence-corrected chi connectivity index (χ4v) is 2.71. The number of esters is 1. The van der Waals surface area contributed by atoms with Crippen LogP contribution in [0.1, 0.15) is 10.4 Å². The van der Waals surface area contributed by atoms with Gasteiger partial charge in [0.05, 0.1) is 5.69 Å². The molecule has 26 heavy (non-hydrogen) atoms. The Morgan fingerprint density at radius 1 is 1.08 bits per heavy atom. The smallest absolute Gasteiger partial charge is 0.342 e. The maximum absolute atomic E-state index is 13.7. The van der Waals surface area contributed by atoms with Gasteiger partial charge < -0.3 is 15.2 Å². The average Bonchev–Trinajstić information content (AvgIpc) is 2.61. The van der Waals surface area contributed by atoms with Gasteiger partial charge in [-0.1, -0.05) is 40.2 Å². The molecule has 0 aliphatic rings. The zero-order chi connectivity index (χ0) is 18.7. The quantitative estimate of drug-likeness (QED) is 0.622. The van der Waals surface area contributed by atoms with Gasteiger partial charge in [-0.3, -0.25) is 4.79 Å². The molecule has 0 aliphatic heterocycles. The number of phenolic OH excluding ortho intramolecular Hbond substituents is 1. The van der Waals surface area contributed by atoms with Crippen molar-refractivity contribution < 1.29 is 23.8 Å². The Morgan fingerprint density at radius 2 is 1.77 bits per heavy atom. The van der Waals surface area contributed by atoms with Crippen LogP contribution in [0.25, 0.3) is 10.8 Å². The number of phenols is 1. The van der Waals surface area contributed by atoms with Gasteiger partial charge in [0.25, 0.3) is 5.91 Å². The first-order chi connectivity index (χ1) is 12.4. The van der Waals surface area contributed by atoms with E-state index in [4.69, 9.17) is 4.74 Å². The second-order valence-electron chi connectivity index (χ2n) is 5.46. The molecule has 132 valence electrons. The van der Waals surface area contributed by atoms with Crippen LogP contribution >= 0.6 is 15.9 Å². The fraction of sp³-hybridized carbons (Fsp3) is 0.0526. The highest BCUT2D eigenvalue weighted by molar-refractivity contribution is 9.10. The third kappa shape index (κ3) is 4.00. The highest BCUT2D eigenvalue weighted by Gasteiger charge is 2.16. The summed E-state index contributed by atoms with van der Waals surface area (Å²) in [5.74, 6) is -2.40. The maximum Gasteiger partial charge on any atom is 0.342 e. The number of ether oxygens (including phenoxy) is 1. The minimum Gasteiger partial charge on any atom is -0.507 e. The van der Waals surface area contributed by atoms with Gasteiger partial charge in [-0.25, -0.2) is 9.18 Å². The van der Waals surface area contributed by atoms with E-state index < -0.39 is 24.3 Å². The minimum atomic E-state index is -0.848. The van der Waals surface area contributed by atoms with Crippen molar-refractivity contribution in [2.75, 3.05) is 11.9 Å². The molecule has 5 nitrogen and oxygen atoms in total. The molecule has 7 heteroatoms. The number of nitrogens with one attached hydrogen (secondary N) is 1. The van der Waals surface area contributed by atoms with Crippen LogP contribution < -0.4 is 5.32 Å². The largest absolute Gasteiger partial charge is 0.507 e. The summed E-state index contributed by atoms with van der Waals surface area (Å²) in [6.45, 7) is -0.611. The topological polar surface area (TPSA) is 75.6 Å². The molecule has 0 spiro atoms. The Morgan fingerprint density at radius 3 is 2.46 bits per heavy atom. The van der Waals surface area contributed by atoms with Crippen molar-refractivity contribution in [2.24, 2.45) is 0 Å². The molecule has 0 fully saturated rings. The van der Waals surface area contributed by atoms with Crippen LogP contribution in [0.15, 0.2) is 59.1 Å². The molecule has 0 aromatic heterocycles. The predicted octanol–water partition coefficient (Wildman–Crippen LogP) is 4.24. The highest BCUT2D eigenvalue weighted by atomic mass is 79.9. The molecule has 0 saturated carbocycles. The highest BCUT2D eigenvalue weighted by Crippen LogP contribution is 2.25. The lowest BCUT2D eigenvalue weighted by molar-refractivity contribution is -0.119. The molecule has 0 bridgehead atoms. The summed E-state index contributed by atoms with van der Waals surface area (Å²) in [6.07, 6.45) is 0. The lowest BCUT2D eigenvalue weighted by Crippen LogP contribution is -2.21. The second kappa shape index (κ2) is 7.53. The van der Waals surface area contributed by atoms with Gasteiger partial charge in [0.1, 0.15) is 17.1 Å². The van der Waals surface area contributed by atoms with Gasteiger partial charge in [0, 0.05) is 4.47 Å². The molecule has 2 N–H and O–H groups in total. The molecule has 0 atom stereocenters. The van der Waals surface area contributed by atoms with Crippen molar-refractivity contribution >= 4 is 44.3 Å². The van der Waals surface area contributed by atoms with Crippen LogP contribution in [0.2, 0.25) is 0 Å². The zero-order valence-corrected chi connectivity index (χ0v) is 14.9. The number of rotatable bonds is 4. The van der Waals surface area contributed by atoms with Crippen molar-refractivity contribution in [1.29, 1.82) is 0 Å². The summed E-state index contributed by atoms with van der Waals surface area (Å²) in [4.78, 5) is 24.0. The number of carbonyl (C=O) groups is 2. The molecule has 0 radical (unpaired) electrons. The van der Waals surface area contributed by atoms with Gasteiger partial charge >= 0.3 is 5.97 Å². The van der Waals surface area contributed by atoms with Crippen molar-refractivity contribution in [3.63, 3.8) is 0 Å². The molecule has 3 rings (SSSR count). The van der Waals surface area contributed by atoms with Crippen molar-refractivity contribution in [3.8, 4) is 5.75 Å². The van der Waals surface area contributed by atoms with Crippen LogP contribution in [0.4, 0.5) is 10.1 Å². The van der Waals surface area contributed by atoms with E-state index in [-0.39, 0.29) is 17.0 Å². The van der Waals surface area contributed by atoms with Gasteiger partial charge in [-0.05, 0) is 41.1 Å². The Kier molecular flexibility index (Phi) is 5.18. The summed E-state index contributed by atoms with van der Waals surface area (Å²) in [5, 5.41) is 13.8. The van der Waals surface area contributed by atoms with E-state index >= 15 is 0 Å². The van der Waals surface area contributed by atoms with E-state index in [0.29, 0.717) is 4.47 Å². The van der Waals surface area contributed by atoms with E-state index in [2.05, 4.69) is 21.2 Å². The lowest BCUT2D eigenvalue weighted by atomic mass is 10.1. The average molecular weight is 418 g/mol. The van der Waals surface area contributed by atoms with Gasteiger partial charge in [0.15, 0.2) is 6.61 Å². The first-order valence-corrected chi connectivity index (χ1v) is 8.37. The molecule has 1 amide bonds.